The van der Waals surface area contributed by atoms with Gasteiger partial charge in [0.05, 0.1) is 6.10 Å². The van der Waals surface area contributed by atoms with Gasteiger partial charge in [0.25, 0.3) is 0 Å². The average molecular weight is 269 g/mol. The molecule has 0 unspecified atom stereocenters. The Balaban J connectivity index is 3.15. The summed E-state index contributed by atoms with van der Waals surface area (Å²) in [5.41, 5.74) is 5.57. The van der Waals surface area contributed by atoms with Gasteiger partial charge in [-0.1, -0.05) is 76.9 Å². The minimum atomic E-state index is -0.483. The highest BCUT2D eigenvalue weighted by atomic mass is 16.3. The Hall–Kier alpha value is -0.340. The van der Waals surface area contributed by atoms with E-state index in [4.69, 9.17) is 5.73 Å². The lowest BCUT2D eigenvalue weighted by Crippen LogP contribution is -2.29. The molecule has 0 aromatic rings. The topological polar surface area (TPSA) is 46.2 Å². The van der Waals surface area contributed by atoms with Crippen molar-refractivity contribution in [2.75, 3.05) is 0 Å². The molecule has 0 bridgehead atoms. The summed E-state index contributed by atoms with van der Waals surface area (Å²) in [6.07, 6.45) is 18.2. The highest BCUT2D eigenvalue weighted by molar-refractivity contribution is 4.92. The summed E-state index contributed by atoms with van der Waals surface area (Å²) < 4.78 is 0. The molecule has 0 aliphatic rings. The van der Waals surface area contributed by atoms with Crippen LogP contribution in [-0.2, 0) is 0 Å². The number of nitrogens with two attached hydrogens (primary N) is 1. The monoisotopic (exact) mass is 269 g/mol. The van der Waals surface area contributed by atoms with Gasteiger partial charge < -0.3 is 10.8 Å². The fraction of sp³-hybridized carbons (Fsp3) is 0.882. The number of rotatable bonds is 13. The SMILES string of the molecule is CCCCCCCCCCCC/C=C/[C@@H](O)[C@@H](C)N. The van der Waals surface area contributed by atoms with Crippen LogP contribution in [0.3, 0.4) is 0 Å². The van der Waals surface area contributed by atoms with Crippen LogP contribution >= 0.6 is 0 Å². The Morgan fingerprint density at radius 3 is 1.84 bits per heavy atom. The Kier molecular flexibility index (Phi) is 13.8. The maximum atomic E-state index is 9.48. The number of unbranched alkanes of at least 4 members (excludes halogenated alkanes) is 10. The number of allylic oxidation sites excluding steroid dienone is 1. The molecule has 0 amide bonds. The molecule has 0 saturated heterocycles. The van der Waals surface area contributed by atoms with Gasteiger partial charge in [0, 0.05) is 6.04 Å². The maximum Gasteiger partial charge on any atom is 0.0869 e. The van der Waals surface area contributed by atoms with E-state index in [1.807, 2.05) is 13.0 Å². The van der Waals surface area contributed by atoms with E-state index >= 15 is 0 Å². The molecular formula is C17H35NO. The van der Waals surface area contributed by atoms with Crippen molar-refractivity contribution in [2.45, 2.75) is 96.6 Å². The van der Waals surface area contributed by atoms with Crippen LogP contribution in [-0.4, -0.2) is 17.3 Å². The molecule has 19 heavy (non-hydrogen) atoms. The van der Waals surface area contributed by atoms with Crippen molar-refractivity contribution < 1.29 is 5.11 Å². The molecule has 0 aliphatic carbocycles. The van der Waals surface area contributed by atoms with Crippen LogP contribution in [0.1, 0.15) is 84.5 Å². The molecule has 0 aliphatic heterocycles. The molecule has 2 atom stereocenters. The number of hydrogen-bond donors (Lipinski definition) is 2. The Bertz CT molecular complexity index is 201. The molecular weight excluding hydrogens is 234 g/mol. The minimum Gasteiger partial charge on any atom is -0.387 e. The number of aliphatic hydroxyl groups excluding tert-OH is 1. The molecule has 0 spiro atoms. The van der Waals surface area contributed by atoms with Crippen LogP contribution in [0.25, 0.3) is 0 Å². The Morgan fingerprint density at radius 1 is 0.895 bits per heavy atom. The van der Waals surface area contributed by atoms with Crippen molar-refractivity contribution in [3.05, 3.63) is 12.2 Å². The molecule has 3 N–H and O–H groups in total. The quantitative estimate of drug-likeness (QED) is 0.380. The van der Waals surface area contributed by atoms with E-state index in [-0.39, 0.29) is 6.04 Å². The summed E-state index contributed by atoms with van der Waals surface area (Å²) in [7, 11) is 0. The Labute approximate surface area is 120 Å². The zero-order valence-electron chi connectivity index (χ0n) is 13.1. The lowest BCUT2D eigenvalue weighted by atomic mass is 10.1. The minimum absolute atomic E-state index is 0.163. The van der Waals surface area contributed by atoms with Crippen LogP contribution in [0.5, 0.6) is 0 Å². The lowest BCUT2D eigenvalue weighted by molar-refractivity contribution is 0.198. The van der Waals surface area contributed by atoms with E-state index in [1.165, 1.54) is 64.2 Å². The largest absolute Gasteiger partial charge is 0.387 e. The molecule has 0 aromatic carbocycles. The van der Waals surface area contributed by atoms with Gasteiger partial charge in [-0.05, 0) is 19.8 Å². The number of hydrogen-bond acceptors (Lipinski definition) is 2. The normalized spacial score (nSPS) is 14.9. The maximum absolute atomic E-state index is 9.48. The first-order valence-corrected chi connectivity index (χ1v) is 8.28. The van der Waals surface area contributed by atoms with Crippen molar-refractivity contribution in [1.29, 1.82) is 0 Å². The summed E-state index contributed by atoms with van der Waals surface area (Å²) in [5.74, 6) is 0. The fourth-order valence-electron chi connectivity index (χ4n) is 2.16. The predicted octanol–water partition coefficient (Wildman–Crippen LogP) is 4.56. The van der Waals surface area contributed by atoms with Crippen molar-refractivity contribution >= 4 is 0 Å². The van der Waals surface area contributed by atoms with Crippen LogP contribution in [0.4, 0.5) is 0 Å². The highest BCUT2D eigenvalue weighted by Crippen LogP contribution is 2.11. The average Bonchev–Trinajstić information content (AvgIpc) is 2.39. The van der Waals surface area contributed by atoms with Crippen LogP contribution < -0.4 is 5.73 Å². The van der Waals surface area contributed by atoms with Crippen molar-refractivity contribution in [3.63, 3.8) is 0 Å². The molecule has 0 heterocycles. The second-order valence-corrected chi connectivity index (χ2v) is 5.75. The molecule has 0 saturated carbocycles. The second-order valence-electron chi connectivity index (χ2n) is 5.75. The third-order valence-corrected chi connectivity index (χ3v) is 3.60. The molecule has 114 valence electrons. The zero-order chi connectivity index (χ0) is 14.3. The van der Waals surface area contributed by atoms with Gasteiger partial charge in [0.2, 0.25) is 0 Å². The molecule has 0 aromatic heterocycles. The molecule has 0 radical (unpaired) electrons. The van der Waals surface area contributed by atoms with Crippen molar-refractivity contribution in [2.24, 2.45) is 5.73 Å². The van der Waals surface area contributed by atoms with Gasteiger partial charge in [0.15, 0.2) is 0 Å². The number of aliphatic hydroxyl groups is 1. The van der Waals surface area contributed by atoms with Crippen LogP contribution in [0.15, 0.2) is 12.2 Å². The zero-order valence-corrected chi connectivity index (χ0v) is 13.1. The summed E-state index contributed by atoms with van der Waals surface area (Å²) >= 11 is 0. The van der Waals surface area contributed by atoms with Crippen LogP contribution in [0, 0.1) is 0 Å². The van der Waals surface area contributed by atoms with Gasteiger partial charge in [0.1, 0.15) is 0 Å². The van der Waals surface area contributed by atoms with Crippen LogP contribution in [0.2, 0.25) is 0 Å². The summed E-state index contributed by atoms with van der Waals surface area (Å²) in [6, 6.07) is -0.163. The fourth-order valence-corrected chi connectivity index (χ4v) is 2.16. The summed E-state index contributed by atoms with van der Waals surface area (Å²) in [6.45, 7) is 4.09. The third-order valence-electron chi connectivity index (χ3n) is 3.60. The van der Waals surface area contributed by atoms with Crippen molar-refractivity contribution in [3.8, 4) is 0 Å². The first-order valence-electron chi connectivity index (χ1n) is 8.28. The van der Waals surface area contributed by atoms with E-state index in [0.29, 0.717) is 0 Å². The van der Waals surface area contributed by atoms with E-state index in [2.05, 4.69) is 13.0 Å². The highest BCUT2D eigenvalue weighted by Gasteiger charge is 2.02. The molecule has 2 nitrogen and oxygen atoms in total. The predicted molar refractivity (Wildman–Crippen MR) is 85.3 cm³/mol. The summed E-state index contributed by atoms with van der Waals surface area (Å²) in [5, 5.41) is 9.48. The van der Waals surface area contributed by atoms with E-state index < -0.39 is 6.10 Å². The van der Waals surface area contributed by atoms with Crippen molar-refractivity contribution in [1.82, 2.24) is 0 Å². The van der Waals surface area contributed by atoms with E-state index in [1.54, 1.807) is 0 Å². The molecule has 0 fully saturated rings. The smallest absolute Gasteiger partial charge is 0.0869 e. The van der Waals surface area contributed by atoms with Gasteiger partial charge in [-0.3, -0.25) is 0 Å². The van der Waals surface area contributed by atoms with Gasteiger partial charge in [-0.15, -0.1) is 0 Å². The summed E-state index contributed by atoms with van der Waals surface area (Å²) in [4.78, 5) is 0. The first-order chi connectivity index (χ1) is 9.18. The second kappa shape index (κ2) is 14.1. The molecule has 2 heteroatoms. The first kappa shape index (κ1) is 18.7. The van der Waals surface area contributed by atoms with E-state index in [9.17, 15) is 5.11 Å². The van der Waals surface area contributed by atoms with Gasteiger partial charge in [-0.25, -0.2) is 0 Å². The Morgan fingerprint density at radius 2 is 1.37 bits per heavy atom. The molecule has 0 rings (SSSR count). The lowest BCUT2D eigenvalue weighted by Gasteiger charge is -2.08. The standard InChI is InChI=1S/C17H35NO/c1-3-4-5-6-7-8-9-10-11-12-13-14-15-17(19)16(2)18/h14-17,19H,3-13,18H2,1-2H3/b15-14+/t16-,17-/m1/s1. The van der Waals surface area contributed by atoms with Gasteiger partial charge in [-0.2, -0.15) is 0 Å². The third kappa shape index (κ3) is 13.9. The van der Waals surface area contributed by atoms with Gasteiger partial charge >= 0.3 is 0 Å². The van der Waals surface area contributed by atoms with E-state index in [0.717, 1.165) is 6.42 Å².